The number of anilines is 1. The SMILES string of the molecule is CN(C)C(=O)CC(c1ccc(Cl)cc1)N(C(=O)C1(N)CCNCC1)c1ncnc2[nH]ccc12. The van der Waals surface area contributed by atoms with Crippen LogP contribution in [0.1, 0.15) is 30.9 Å². The average molecular weight is 470 g/mol. The van der Waals surface area contributed by atoms with Crippen LogP contribution in [0.5, 0.6) is 0 Å². The van der Waals surface area contributed by atoms with Gasteiger partial charge in [0.2, 0.25) is 11.8 Å². The van der Waals surface area contributed by atoms with Gasteiger partial charge in [-0.15, -0.1) is 0 Å². The van der Waals surface area contributed by atoms with E-state index in [1.807, 2.05) is 18.2 Å². The number of nitrogens with zero attached hydrogens (tertiary/aromatic N) is 4. The van der Waals surface area contributed by atoms with Gasteiger partial charge in [0.05, 0.1) is 23.4 Å². The van der Waals surface area contributed by atoms with Gasteiger partial charge < -0.3 is 20.9 Å². The molecule has 10 heteroatoms. The fourth-order valence-electron chi connectivity index (χ4n) is 4.15. The summed E-state index contributed by atoms with van der Waals surface area (Å²) in [6, 6.07) is 8.36. The maximum absolute atomic E-state index is 14.2. The molecule has 0 bridgehead atoms. The minimum Gasteiger partial charge on any atom is -0.349 e. The van der Waals surface area contributed by atoms with E-state index in [9.17, 15) is 9.59 Å². The Labute approximate surface area is 197 Å². The van der Waals surface area contributed by atoms with Gasteiger partial charge in [0.15, 0.2) is 0 Å². The fraction of sp³-hybridized carbons (Fsp3) is 0.391. The molecule has 1 aromatic carbocycles. The summed E-state index contributed by atoms with van der Waals surface area (Å²) < 4.78 is 0. The van der Waals surface area contributed by atoms with Crippen molar-refractivity contribution >= 4 is 40.3 Å². The number of rotatable bonds is 6. The topological polar surface area (TPSA) is 120 Å². The van der Waals surface area contributed by atoms with Gasteiger partial charge in [0, 0.05) is 25.3 Å². The summed E-state index contributed by atoms with van der Waals surface area (Å²) >= 11 is 6.13. The number of nitrogens with one attached hydrogen (secondary N) is 2. The van der Waals surface area contributed by atoms with Gasteiger partial charge in [-0.25, -0.2) is 9.97 Å². The number of H-pyrrole nitrogens is 1. The van der Waals surface area contributed by atoms with Gasteiger partial charge in [0.25, 0.3) is 0 Å². The van der Waals surface area contributed by atoms with Crippen LogP contribution < -0.4 is 16.0 Å². The van der Waals surface area contributed by atoms with Gasteiger partial charge in [-0.05, 0) is 49.7 Å². The van der Waals surface area contributed by atoms with Crippen LogP contribution in [0.3, 0.4) is 0 Å². The van der Waals surface area contributed by atoms with E-state index in [0.717, 1.165) is 5.56 Å². The van der Waals surface area contributed by atoms with Crippen LogP contribution in [-0.2, 0) is 9.59 Å². The standard InChI is InChI=1S/C23H28ClN7O2/c1-30(2)19(32)13-18(15-3-5-16(24)6-4-15)31(22(33)23(25)8-11-26-12-9-23)21-17-7-10-27-20(17)28-14-29-21/h3-7,10,14,18,26H,8-9,11-13,25H2,1-2H3,(H,27,28,29). The summed E-state index contributed by atoms with van der Waals surface area (Å²) in [5.41, 5.74) is 6.98. The third-order valence-electron chi connectivity index (χ3n) is 6.13. The van der Waals surface area contributed by atoms with Crippen LogP contribution in [0.2, 0.25) is 5.02 Å². The van der Waals surface area contributed by atoms with Crippen LogP contribution >= 0.6 is 11.6 Å². The van der Waals surface area contributed by atoms with Crippen molar-refractivity contribution in [3.05, 3.63) is 53.4 Å². The molecule has 0 radical (unpaired) electrons. The zero-order valence-corrected chi connectivity index (χ0v) is 19.5. The lowest BCUT2D eigenvalue weighted by molar-refractivity contribution is -0.129. The second kappa shape index (κ2) is 9.46. The molecule has 3 heterocycles. The third-order valence-corrected chi connectivity index (χ3v) is 6.39. The van der Waals surface area contributed by atoms with Crippen molar-refractivity contribution in [3.63, 3.8) is 0 Å². The highest BCUT2D eigenvalue weighted by Crippen LogP contribution is 2.36. The lowest BCUT2D eigenvalue weighted by atomic mass is 9.86. The van der Waals surface area contributed by atoms with Crippen molar-refractivity contribution in [2.24, 2.45) is 5.73 Å². The van der Waals surface area contributed by atoms with Crippen molar-refractivity contribution in [2.75, 3.05) is 32.1 Å². The normalized spacial score (nSPS) is 16.4. The van der Waals surface area contributed by atoms with Crippen molar-refractivity contribution < 1.29 is 9.59 Å². The first-order valence-corrected chi connectivity index (χ1v) is 11.2. The molecule has 0 aliphatic carbocycles. The molecule has 1 unspecified atom stereocenters. The molecule has 2 amide bonds. The van der Waals surface area contributed by atoms with Crippen molar-refractivity contribution in [1.29, 1.82) is 0 Å². The Bertz CT molecular complexity index is 1140. The molecule has 1 fully saturated rings. The van der Waals surface area contributed by atoms with Crippen molar-refractivity contribution in [2.45, 2.75) is 30.8 Å². The first-order chi connectivity index (χ1) is 15.8. The highest BCUT2D eigenvalue weighted by Gasteiger charge is 2.43. The molecule has 0 spiro atoms. The number of aromatic nitrogens is 3. The van der Waals surface area contributed by atoms with Crippen LogP contribution in [0.15, 0.2) is 42.9 Å². The monoisotopic (exact) mass is 469 g/mol. The minimum atomic E-state index is -1.08. The third kappa shape index (κ3) is 4.71. The summed E-state index contributed by atoms with van der Waals surface area (Å²) in [4.78, 5) is 42.0. The smallest absolute Gasteiger partial charge is 0.248 e. The lowest BCUT2D eigenvalue weighted by Gasteiger charge is -2.40. The summed E-state index contributed by atoms with van der Waals surface area (Å²) in [6.45, 7) is 1.28. The Hall–Kier alpha value is -3.01. The van der Waals surface area contributed by atoms with E-state index < -0.39 is 11.6 Å². The number of aromatic amines is 1. The molecule has 4 N–H and O–H groups in total. The summed E-state index contributed by atoms with van der Waals surface area (Å²) in [5, 5.41) is 4.50. The van der Waals surface area contributed by atoms with E-state index in [1.54, 1.807) is 37.3 Å². The van der Waals surface area contributed by atoms with Gasteiger partial charge in [-0.2, -0.15) is 0 Å². The van der Waals surface area contributed by atoms with E-state index in [0.29, 0.717) is 47.8 Å². The molecule has 2 aromatic heterocycles. The maximum atomic E-state index is 14.2. The summed E-state index contributed by atoms with van der Waals surface area (Å²) in [7, 11) is 3.39. The highest BCUT2D eigenvalue weighted by molar-refractivity contribution is 6.30. The van der Waals surface area contributed by atoms with E-state index >= 15 is 0 Å². The molecule has 1 aliphatic rings. The molecular weight excluding hydrogens is 442 g/mol. The zero-order valence-electron chi connectivity index (χ0n) is 18.7. The van der Waals surface area contributed by atoms with E-state index in [1.165, 1.54) is 11.2 Å². The first-order valence-electron chi connectivity index (χ1n) is 10.9. The Morgan fingerprint density at radius 2 is 1.85 bits per heavy atom. The average Bonchev–Trinajstić information content (AvgIpc) is 3.29. The Morgan fingerprint density at radius 1 is 1.15 bits per heavy atom. The first kappa shape index (κ1) is 23.2. The molecule has 33 heavy (non-hydrogen) atoms. The number of halogens is 1. The molecule has 1 atom stereocenters. The maximum Gasteiger partial charge on any atom is 0.248 e. The quantitative estimate of drug-likeness (QED) is 0.509. The number of piperidine rings is 1. The van der Waals surface area contributed by atoms with Gasteiger partial charge in [-0.1, -0.05) is 23.7 Å². The molecule has 0 saturated carbocycles. The number of carbonyl (C=O) groups excluding carboxylic acids is 2. The lowest BCUT2D eigenvalue weighted by Crippen LogP contribution is -2.61. The highest BCUT2D eigenvalue weighted by atomic mass is 35.5. The molecule has 1 aliphatic heterocycles. The molecule has 4 rings (SSSR count). The predicted octanol–water partition coefficient (Wildman–Crippen LogP) is 2.24. The molecule has 174 valence electrons. The Balaban J connectivity index is 1.89. The number of nitrogens with two attached hydrogens (primary N) is 1. The fourth-order valence-corrected chi connectivity index (χ4v) is 4.28. The van der Waals surface area contributed by atoms with E-state index in [4.69, 9.17) is 17.3 Å². The zero-order chi connectivity index (χ0) is 23.6. The number of amides is 2. The largest absolute Gasteiger partial charge is 0.349 e. The Morgan fingerprint density at radius 3 is 2.52 bits per heavy atom. The predicted molar refractivity (Wildman–Crippen MR) is 128 cm³/mol. The van der Waals surface area contributed by atoms with Crippen LogP contribution in [0, 0.1) is 0 Å². The van der Waals surface area contributed by atoms with Crippen molar-refractivity contribution in [1.82, 2.24) is 25.2 Å². The number of hydrogen-bond acceptors (Lipinski definition) is 6. The van der Waals surface area contributed by atoms with Crippen LogP contribution in [0.4, 0.5) is 5.82 Å². The Kier molecular flexibility index (Phi) is 6.64. The van der Waals surface area contributed by atoms with Gasteiger partial charge in [0.1, 0.15) is 17.8 Å². The second-order valence-corrected chi connectivity index (χ2v) is 9.01. The molecule has 1 saturated heterocycles. The summed E-state index contributed by atoms with van der Waals surface area (Å²) in [5.74, 6) is 0.0290. The van der Waals surface area contributed by atoms with E-state index in [2.05, 4.69) is 20.3 Å². The minimum absolute atomic E-state index is 0.0601. The van der Waals surface area contributed by atoms with Gasteiger partial charge in [-0.3, -0.25) is 14.5 Å². The number of benzene rings is 1. The number of hydrogen-bond donors (Lipinski definition) is 3. The summed E-state index contributed by atoms with van der Waals surface area (Å²) in [6.07, 6.45) is 4.19. The molecular formula is C23H28ClN7O2. The van der Waals surface area contributed by atoms with Gasteiger partial charge >= 0.3 is 0 Å². The second-order valence-electron chi connectivity index (χ2n) is 8.58. The molecule has 9 nitrogen and oxygen atoms in total. The number of fused-ring (bicyclic) bond motifs is 1. The van der Waals surface area contributed by atoms with Crippen LogP contribution in [0.25, 0.3) is 11.0 Å². The van der Waals surface area contributed by atoms with Crippen molar-refractivity contribution in [3.8, 4) is 0 Å². The number of carbonyl (C=O) groups is 2. The molecule has 3 aromatic rings. The van der Waals surface area contributed by atoms with E-state index in [-0.39, 0.29) is 18.2 Å². The van der Waals surface area contributed by atoms with Crippen LogP contribution in [-0.4, -0.2) is 64.4 Å².